The number of halogens is 1. The number of aromatic nitrogens is 2. The van der Waals surface area contributed by atoms with Crippen LogP contribution < -0.4 is 11.3 Å². The molecule has 5 heteroatoms. The Labute approximate surface area is 94.1 Å². The molecular weight excluding hydrogens is 214 g/mol. The first kappa shape index (κ1) is 12.0. The number of hydrogen-bond donors (Lipinski definition) is 1. The first-order valence-electron chi connectivity index (χ1n) is 4.82. The number of nitrogen functional groups attached to an aromatic ring is 1. The zero-order valence-electron chi connectivity index (χ0n) is 9.25. The summed E-state index contributed by atoms with van der Waals surface area (Å²) in [5, 5.41) is 0.0759. The van der Waals surface area contributed by atoms with E-state index in [1.165, 1.54) is 10.9 Å². The van der Waals surface area contributed by atoms with E-state index in [4.69, 9.17) is 17.3 Å². The molecule has 1 heterocycles. The predicted octanol–water partition coefficient (Wildman–Crippen LogP) is 1.92. The molecule has 0 spiro atoms. The SMILES string of the molecule is CC(C)(C)CCn1cnc(Cl)c(N)c1=O. The van der Waals surface area contributed by atoms with Crippen molar-refractivity contribution in [2.75, 3.05) is 5.73 Å². The lowest BCUT2D eigenvalue weighted by Crippen LogP contribution is -2.25. The number of nitrogens with zero attached hydrogens (tertiary/aromatic N) is 2. The first-order chi connectivity index (χ1) is 6.81. The molecule has 0 atom stereocenters. The Morgan fingerprint density at radius 2 is 2.13 bits per heavy atom. The topological polar surface area (TPSA) is 60.9 Å². The van der Waals surface area contributed by atoms with E-state index in [0.29, 0.717) is 6.54 Å². The zero-order chi connectivity index (χ0) is 11.6. The molecule has 15 heavy (non-hydrogen) atoms. The van der Waals surface area contributed by atoms with Crippen LogP contribution in [0, 0.1) is 5.41 Å². The number of rotatable bonds is 2. The van der Waals surface area contributed by atoms with E-state index < -0.39 is 0 Å². The number of anilines is 1. The molecule has 0 unspecified atom stereocenters. The maximum atomic E-state index is 11.6. The van der Waals surface area contributed by atoms with Crippen molar-refractivity contribution in [1.29, 1.82) is 0 Å². The standard InChI is InChI=1S/C10H16ClN3O/c1-10(2,3)4-5-14-6-13-8(11)7(12)9(14)15/h6H,4-5,12H2,1-3H3. The number of nitrogens with two attached hydrogens (primary N) is 1. The Kier molecular flexibility index (Phi) is 3.39. The van der Waals surface area contributed by atoms with Gasteiger partial charge in [0.1, 0.15) is 5.69 Å². The fourth-order valence-electron chi connectivity index (χ4n) is 1.10. The Bertz CT molecular complexity index is 406. The van der Waals surface area contributed by atoms with Gasteiger partial charge >= 0.3 is 0 Å². The van der Waals surface area contributed by atoms with Gasteiger partial charge in [-0.1, -0.05) is 32.4 Å². The van der Waals surface area contributed by atoms with Gasteiger partial charge in [-0.3, -0.25) is 9.36 Å². The third kappa shape index (κ3) is 3.23. The molecule has 0 aliphatic carbocycles. The molecule has 0 bridgehead atoms. The van der Waals surface area contributed by atoms with Crippen LogP contribution in [0.2, 0.25) is 5.15 Å². The lowest BCUT2D eigenvalue weighted by Gasteiger charge is -2.18. The molecule has 0 aliphatic heterocycles. The van der Waals surface area contributed by atoms with Gasteiger partial charge in [0.2, 0.25) is 0 Å². The summed E-state index contributed by atoms with van der Waals surface area (Å²) in [7, 11) is 0. The second-order valence-electron chi connectivity index (χ2n) is 4.76. The summed E-state index contributed by atoms with van der Waals surface area (Å²) in [6.45, 7) is 6.96. The highest BCUT2D eigenvalue weighted by atomic mass is 35.5. The van der Waals surface area contributed by atoms with Crippen LogP contribution in [0.15, 0.2) is 11.1 Å². The van der Waals surface area contributed by atoms with Crippen molar-refractivity contribution < 1.29 is 0 Å². The van der Waals surface area contributed by atoms with Gasteiger partial charge in [-0.2, -0.15) is 0 Å². The summed E-state index contributed by atoms with van der Waals surface area (Å²) in [6, 6.07) is 0. The molecule has 0 fully saturated rings. The summed E-state index contributed by atoms with van der Waals surface area (Å²) in [4.78, 5) is 15.5. The minimum Gasteiger partial charge on any atom is -0.392 e. The minimum atomic E-state index is -0.265. The van der Waals surface area contributed by atoms with Gasteiger partial charge in [0.15, 0.2) is 5.15 Å². The summed E-state index contributed by atoms with van der Waals surface area (Å²) >= 11 is 5.63. The van der Waals surface area contributed by atoms with Gasteiger partial charge in [0, 0.05) is 6.54 Å². The van der Waals surface area contributed by atoms with E-state index in [-0.39, 0.29) is 21.8 Å². The van der Waals surface area contributed by atoms with E-state index >= 15 is 0 Å². The summed E-state index contributed by atoms with van der Waals surface area (Å²) in [5.74, 6) is 0. The monoisotopic (exact) mass is 229 g/mol. The molecule has 0 radical (unpaired) electrons. The van der Waals surface area contributed by atoms with Crippen LogP contribution in [0.5, 0.6) is 0 Å². The fourth-order valence-corrected chi connectivity index (χ4v) is 1.22. The molecule has 0 aromatic carbocycles. The fraction of sp³-hybridized carbons (Fsp3) is 0.600. The van der Waals surface area contributed by atoms with Crippen LogP contribution in [0.1, 0.15) is 27.2 Å². The Morgan fingerprint density at radius 1 is 1.53 bits per heavy atom. The normalized spacial score (nSPS) is 11.7. The molecule has 0 aliphatic rings. The number of hydrogen-bond acceptors (Lipinski definition) is 3. The molecular formula is C10H16ClN3O. The van der Waals surface area contributed by atoms with Crippen molar-refractivity contribution >= 4 is 17.3 Å². The van der Waals surface area contributed by atoms with E-state index in [2.05, 4.69) is 25.8 Å². The molecule has 1 aromatic heterocycles. The lowest BCUT2D eigenvalue weighted by atomic mass is 9.92. The first-order valence-corrected chi connectivity index (χ1v) is 5.19. The zero-order valence-corrected chi connectivity index (χ0v) is 10.0. The van der Waals surface area contributed by atoms with Gasteiger partial charge in [-0.25, -0.2) is 4.98 Å². The highest BCUT2D eigenvalue weighted by Gasteiger charge is 2.12. The smallest absolute Gasteiger partial charge is 0.278 e. The maximum Gasteiger partial charge on any atom is 0.278 e. The molecule has 4 nitrogen and oxygen atoms in total. The van der Waals surface area contributed by atoms with Crippen molar-refractivity contribution in [2.45, 2.75) is 33.7 Å². The van der Waals surface area contributed by atoms with Crippen molar-refractivity contribution in [1.82, 2.24) is 9.55 Å². The van der Waals surface area contributed by atoms with Crippen LogP contribution in [0.3, 0.4) is 0 Å². The largest absolute Gasteiger partial charge is 0.392 e. The average molecular weight is 230 g/mol. The van der Waals surface area contributed by atoms with E-state index in [1.54, 1.807) is 0 Å². The number of aryl methyl sites for hydroxylation is 1. The third-order valence-electron chi connectivity index (χ3n) is 2.13. The van der Waals surface area contributed by atoms with Crippen molar-refractivity contribution in [3.63, 3.8) is 0 Å². The second kappa shape index (κ2) is 4.23. The molecule has 2 N–H and O–H groups in total. The lowest BCUT2D eigenvalue weighted by molar-refractivity contribution is 0.347. The van der Waals surface area contributed by atoms with Crippen LogP contribution >= 0.6 is 11.6 Å². The van der Waals surface area contributed by atoms with E-state index in [1.807, 2.05) is 0 Å². The quantitative estimate of drug-likeness (QED) is 0.789. The molecule has 0 saturated heterocycles. The Hall–Kier alpha value is -1.03. The van der Waals surface area contributed by atoms with Crippen LogP contribution in [0.25, 0.3) is 0 Å². The van der Waals surface area contributed by atoms with Crippen LogP contribution in [-0.4, -0.2) is 9.55 Å². The van der Waals surface area contributed by atoms with Crippen molar-refractivity contribution in [2.24, 2.45) is 5.41 Å². The van der Waals surface area contributed by atoms with Gasteiger partial charge in [-0.15, -0.1) is 0 Å². The van der Waals surface area contributed by atoms with E-state index in [0.717, 1.165) is 6.42 Å². The molecule has 1 rings (SSSR count). The van der Waals surface area contributed by atoms with Crippen molar-refractivity contribution in [3.8, 4) is 0 Å². The van der Waals surface area contributed by atoms with E-state index in [9.17, 15) is 4.79 Å². The minimum absolute atomic E-state index is 0.0214. The summed E-state index contributed by atoms with van der Waals surface area (Å²) < 4.78 is 1.49. The second-order valence-corrected chi connectivity index (χ2v) is 5.12. The van der Waals surface area contributed by atoms with Gasteiger partial charge in [-0.05, 0) is 11.8 Å². The van der Waals surface area contributed by atoms with Gasteiger partial charge < -0.3 is 5.73 Å². The highest BCUT2D eigenvalue weighted by molar-refractivity contribution is 6.31. The van der Waals surface area contributed by atoms with Crippen molar-refractivity contribution in [3.05, 3.63) is 21.8 Å². The van der Waals surface area contributed by atoms with Gasteiger partial charge in [0.25, 0.3) is 5.56 Å². The average Bonchev–Trinajstić information content (AvgIpc) is 2.12. The van der Waals surface area contributed by atoms with Crippen LogP contribution in [-0.2, 0) is 6.54 Å². The molecule has 84 valence electrons. The summed E-state index contributed by atoms with van der Waals surface area (Å²) in [5.41, 5.74) is 5.43. The van der Waals surface area contributed by atoms with Gasteiger partial charge in [0.05, 0.1) is 6.33 Å². The maximum absolute atomic E-state index is 11.6. The third-order valence-corrected chi connectivity index (χ3v) is 2.43. The summed E-state index contributed by atoms with van der Waals surface area (Å²) in [6.07, 6.45) is 2.32. The molecule has 0 saturated carbocycles. The van der Waals surface area contributed by atoms with Crippen LogP contribution in [0.4, 0.5) is 5.69 Å². The highest BCUT2D eigenvalue weighted by Crippen LogP contribution is 2.19. The predicted molar refractivity (Wildman–Crippen MR) is 62.0 cm³/mol. The molecule has 0 amide bonds. The Balaban J connectivity index is 2.89. The Morgan fingerprint density at radius 3 is 2.67 bits per heavy atom. The molecule has 1 aromatic rings.